The molecule has 0 aliphatic rings. The molecule has 3 heteroatoms. The summed E-state index contributed by atoms with van der Waals surface area (Å²) in [5, 5.41) is 2.90. The highest BCUT2D eigenvalue weighted by molar-refractivity contribution is 5.75. The van der Waals surface area contributed by atoms with Gasteiger partial charge < -0.3 is 10.2 Å². The normalized spacial score (nSPS) is 11.2. The average molecular weight is 226 g/mol. The molecule has 94 valence electrons. The van der Waals surface area contributed by atoms with E-state index in [9.17, 15) is 4.79 Å². The third-order valence-electron chi connectivity index (χ3n) is 2.31. The zero-order valence-electron chi connectivity index (χ0n) is 11.0. The van der Waals surface area contributed by atoms with Gasteiger partial charge in [0.05, 0.1) is 0 Å². The molecule has 1 amide bonds. The topological polar surface area (TPSA) is 32.3 Å². The van der Waals surface area contributed by atoms with Crippen LogP contribution in [0, 0.1) is 0 Å². The molecule has 3 nitrogen and oxygen atoms in total. The highest BCUT2D eigenvalue weighted by Crippen LogP contribution is 1.97. The lowest BCUT2D eigenvalue weighted by atomic mass is 10.2. The van der Waals surface area contributed by atoms with E-state index in [-0.39, 0.29) is 5.91 Å². The van der Waals surface area contributed by atoms with Crippen molar-refractivity contribution in [3.05, 3.63) is 12.2 Å². The van der Waals surface area contributed by atoms with E-state index in [2.05, 4.69) is 29.3 Å². The van der Waals surface area contributed by atoms with Crippen LogP contribution in [-0.2, 0) is 4.79 Å². The fraction of sp³-hybridized carbons (Fsp3) is 0.769. The summed E-state index contributed by atoms with van der Waals surface area (Å²) in [6.07, 6.45) is 9.37. The Bertz CT molecular complexity index is 200. The molecule has 0 heterocycles. The van der Waals surface area contributed by atoms with E-state index in [1.165, 1.54) is 12.8 Å². The number of hydrogen-bond acceptors (Lipinski definition) is 2. The molecule has 0 rings (SSSR count). The van der Waals surface area contributed by atoms with Crippen LogP contribution in [0.3, 0.4) is 0 Å². The number of nitrogens with zero attached hydrogens (tertiary/aromatic N) is 1. The Hall–Kier alpha value is -0.830. The molecule has 0 saturated carbocycles. The van der Waals surface area contributed by atoms with Gasteiger partial charge in [0.1, 0.15) is 0 Å². The lowest BCUT2D eigenvalue weighted by Gasteiger charge is -2.09. The van der Waals surface area contributed by atoms with Gasteiger partial charge in [0, 0.05) is 19.5 Å². The van der Waals surface area contributed by atoms with Gasteiger partial charge in [-0.2, -0.15) is 0 Å². The molecule has 0 fully saturated rings. The summed E-state index contributed by atoms with van der Waals surface area (Å²) < 4.78 is 0. The first-order valence-corrected chi connectivity index (χ1v) is 6.23. The number of carbonyl (C=O) groups is 1. The highest BCUT2D eigenvalue weighted by atomic mass is 16.1. The molecule has 0 unspecified atom stereocenters. The molecule has 0 aliphatic carbocycles. The summed E-state index contributed by atoms with van der Waals surface area (Å²) in [6, 6.07) is 0. The number of nitrogens with one attached hydrogen (secondary N) is 1. The molecule has 0 aromatic heterocycles. The van der Waals surface area contributed by atoms with Crippen LogP contribution >= 0.6 is 0 Å². The number of hydrogen-bond donors (Lipinski definition) is 1. The van der Waals surface area contributed by atoms with Crippen LogP contribution < -0.4 is 5.32 Å². The number of carbonyl (C=O) groups excluding carboxylic acids is 1. The summed E-state index contributed by atoms with van der Waals surface area (Å²) in [6.45, 7) is 3.83. The second-order valence-corrected chi connectivity index (χ2v) is 4.31. The molecule has 0 saturated heterocycles. The van der Waals surface area contributed by atoms with Crippen LogP contribution in [0.4, 0.5) is 0 Å². The van der Waals surface area contributed by atoms with Crippen LogP contribution in [0.5, 0.6) is 0 Å². The molecule has 0 bridgehead atoms. The Kier molecular flexibility index (Phi) is 10.1. The van der Waals surface area contributed by atoms with Crippen molar-refractivity contribution in [1.29, 1.82) is 0 Å². The molecule has 0 aliphatic heterocycles. The highest BCUT2D eigenvalue weighted by Gasteiger charge is 1.98. The monoisotopic (exact) mass is 226 g/mol. The van der Waals surface area contributed by atoms with Crippen molar-refractivity contribution in [3.8, 4) is 0 Å². The molecular weight excluding hydrogens is 200 g/mol. The van der Waals surface area contributed by atoms with E-state index in [4.69, 9.17) is 0 Å². The lowest BCUT2D eigenvalue weighted by Crippen LogP contribution is -2.31. The fourth-order valence-corrected chi connectivity index (χ4v) is 1.28. The van der Waals surface area contributed by atoms with Crippen LogP contribution in [-0.4, -0.2) is 38.0 Å². The van der Waals surface area contributed by atoms with Gasteiger partial charge in [0.25, 0.3) is 0 Å². The lowest BCUT2D eigenvalue weighted by molar-refractivity contribution is -0.121. The summed E-state index contributed by atoms with van der Waals surface area (Å²) in [4.78, 5) is 13.4. The fourth-order valence-electron chi connectivity index (χ4n) is 1.28. The molecule has 0 atom stereocenters. The van der Waals surface area contributed by atoms with Gasteiger partial charge in [-0.3, -0.25) is 4.79 Å². The Labute approximate surface area is 99.9 Å². The Balaban J connectivity index is 3.33. The van der Waals surface area contributed by atoms with Crippen molar-refractivity contribution in [1.82, 2.24) is 10.2 Å². The van der Waals surface area contributed by atoms with Crippen molar-refractivity contribution < 1.29 is 4.79 Å². The van der Waals surface area contributed by atoms with Crippen LogP contribution in [0.2, 0.25) is 0 Å². The van der Waals surface area contributed by atoms with Crippen LogP contribution in [0.15, 0.2) is 12.2 Å². The molecule has 0 radical (unpaired) electrons. The molecule has 0 aromatic carbocycles. The number of likely N-dealkylation sites (N-methyl/N-ethyl adjacent to an activating group) is 1. The average Bonchev–Trinajstić information content (AvgIpc) is 2.22. The molecular formula is C13H26N2O. The van der Waals surface area contributed by atoms with Crippen molar-refractivity contribution in [3.63, 3.8) is 0 Å². The maximum Gasteiger partial charge on any atom is 0.220 e. The summed E-state index contributed by atoms with van der Waals surface area (Å²) in [5.74, 6) is 0.155. The third-order valence-corrected chi connectivity index (χ3v) is 2.31. The predicted molar refractivity (Wildman–Crippen MR) is 69.5 cm³/mol. The summed E-state index contributed by atoms with van der Waals surface area (Å²) >= 11 is 0. The predicted octanol–water partition coefficient (Wildman–Crippen LogP) is 2.19. The van der Waals surface area contributed by atoms with Crippen LogP contribution in [0.25, 0.3) is 0 Å². The standard InChI is InChI=1S/C13H26N2O/c1-4-5-6-7-8-9-10-13(16)14-11-12-15(2)3/h7-8H,4-6,9-12H2,1-3H3,(H,14,16)/b8-7+. The maximum absolute atomic E-state index is 11.3. The van der Waals surface area contributed by atoms with Crippen LogP contribution in [0.1, 0.15) is 39.0 Å². The minimum absolute atomic E-state index is 0.155. The minimum atomic E-state index is 0.155. The SMILES string of the molecule is CCCC/C=C/CCC(=O)NCCN(C)C. The summed E-state index contributed by atoms with van der Waals surface area (Å²) in [7, 11) is 4.01. The first-order chi connectivity index (χ1) is 7.66. The van der Waals surface area contributed by atoms with Gasteiger partial charge in [-0.25, -0.2) is 0 Å². The van der Waals surface area contributed by atoms with Gasteiger partial charge in [-0.05, 0) is 26.9 Å². The smallest absolute Gasteiger partial charge is 0.220 e. The number of allylic oxidation sites excluding steroid dienone is 2. The third kappa shape index (κ3) is 11.2. The van der Waals surface area contributed by atoms with Gasteiger partial charge >= 0.3 is 0 Å². The van der Waals surface area contributed by atoms with Crippen molar-refractivity contribution >= 4 is 5.91 Å². The maximum atomic E-state index is 11.3. The quantitative estimate of drug-likeness (QED) is 0.483. The number of amides is 1. The van der Waals surface area contributed by atoms with E-state index in [1.54, 1.807) is 0 Å². The first kappa shape index (κ1) is 15.2. The Morgan fingerprint density at radius 2 is 1.94 bits per heavy atom. The van der Waals surface area contributed by atoms with E-state index in [0.717, 1.165) is 25.9 Å². The number of rotatable bonds is 9. The van der Waals surface area contributed by atoms with Crippen molar-refractivity contribution in [2.75, 3.05) is 27.2 Å². The Morgan fingerprint density at radius 3 is 2.56 bits per heavy atom. The van der Waals surface area contributed by atoms with E-state index in [0.29, 0.717) is 6.42 Å². The molecule has 0 spiro atoms. The van der Waals surface area contributed by atoms with Gasteiger partial charge in [0.15, 0.2) is 0 Å². The second-order valence-electron chi connectivity index (χ2n) is 4.31. The molecule has 16 heavy (non-hydrogen) atoms. The van der Waals surface area contributed by atoms with E-state index < -0.39 is 0 Å². The zero-order chi connectivity index (χ0) is 12.2. The minimum Gasteiger partial charge on any atom is -0.355 e. The van der Waals surface area contributed by atoms with Gasteiger partial charge in [0.2, 0.25) is 5.91 Å². The second kappa shape index (κ2) is 10.7. The van der Waals surface area contributed by atoms with Gasteiger partial charge in [-0.15, -0.1) is 0 Å². The van der Waals surface area contributed by atoms with Crippen molar-refractivity contribution in [2.45, 2.75) is 39.0 Å². The number of unbranched alkanes of at least 4 members (excludes halogenated alkanes) is 2. The first-order valence-electron chi connectivity index (χ1n) is 6.23. The zero-order valence-corrected chi connectivity index (χ0v) is 11.0. The Morgan fingerprint density at radius 1 is 1.25 bits per heavy atom. The van der Waals surface area contributed by atoms with E-state index in [1.807, 2.05) is 14.1 Å². The molecule has 1 N–H and O–H groups in total. The summed E-state index contributed by atoms with van der Waals surface area (Å²) in [5.41, 5.74) is 0. The van der Waals surface area contributed by atoms with Crippen molar-refractivity contribution in [2.24, 2.45) is 0 Å². The van der Waals surface area contributed by atoms with E-state index >= 15 is 0 Å². The largest absolute Gasteiger partial charge is 0.355 e. The molecule has 0 aromatic rings. The van der Waals surface area contributed by atoms with Gasteiger partial charge in [-0.1, -0.05) is 31.9 Å².